The summed E-state index contributed by atoms with van der Waals surface area (Å²) >= 11 is 3.29. The van der Waals surface area contributed by atoms with Crippen molar-refractivity contribution in [2.75, 3.05) is 0 Å². The summed E-state index contributed by atoms with van der Waals surface area (Å²) in [6.07, 6.45) is 2.31. The molecule has 0 aromatic heterocycles. The maximum absolute atomic E-state index is 11.6. The number of alkyl halides is 1. The lowest BCUT2D eigenvalue weighted by Crippen LogP contribution is -2.14. The third-order valence-electron chi connectivity index (χ3n) is 2.52. The van der Waals surface area contributed by atoms with Gasteiger partial charge in [0.25, 0.3) is 0 Å². The van der Waals surface area contributed by atoms with Gasteiger partial charge in [0, 0.05) is 5.56 Å². The third-order valence-corrected chi connectivity index (χ3v) is 2.93. The molecule has 1 aliphatic rings. The minimum Gasteiger partial charge on any atom is -0.293 e. The maximum Gasteiger partial charge on any atom is 0.176 e. The van der Waals surface area contributed by atoms with Crippen LogP contribution in [0.2, 0.25) is 0 Å². The SMILES string of the molecule is CC(Br)C(=O)c1ccc2c(c1)CC2. The minimum atomic E-state index is -0.0781. The van der Waals surface area contributed by atoms with E-state index in [1.54, 1.807) is 0 Å². The van der Waals surface area contributed by atoms with Crippen LogP contribution in [0.15, 0.2) is 18.2 Å². The molecule has 13 heavy (non-hydrogen) atoms. The highest BCUT2D eigenvalue weighted by molar-refractivity contribution is 9.10. The van der Waals surface area contributed by atoms with Crippen LogP contribution in [-0.2, 0) is 12.8 Å². The molecule has 0 saturated heterocycles. The summed E-state index contributed by atoms with van der Waals surface area (Å²) in [5.74, 6) is 0.176. The monoisotopic (exact) mass is 238 g/mol. The molecule has 68 valence electrons. The number of fused-ring (bicyclic) bond motifs is 1. The molecule has 1 aliphatic carbocycles. The van der Waals surface area contributed by atoms with Crippen LogP contribution in [-0.4, -0.2) is 10.6 Å². The van der Waals surface area contributed by atoms with Crippen LogP contribution < -0.4 is 0 Å². The van der Waals surface area contributed by atoms with E-state index >= 15 is 0 Å². The Morgan fingerprint density at radius 1 is 1.38 bits per heavy atom. The van der Waals surface area contributed by atoms with E-state index in [0.717, 1.165) is 12.0 Å². The van der Waals surface area contributed by atoms with Crippen LogP contribution in [0, 0.1) is 0 Å². The fraction of sp³-hybridized carbons (Fsp3) is 0.364. The Bertz CT molecular complexity index is 355. The average molecular weight is 239 g/mol. The molecule has 0 N–H and O–H groups in total. The molecule has 2 rings (SSSR count). The zero-order valence-corrected chi connectivity index (χ0v) is 9.10. The zero-order chi connectivity index (χ0) is 9.42. The summed E-state index contributed by atoms with van der Waals surface area (Å²) in [6.45, 7) is 1.86. The van der Waals surface area contributed by atoms with Gasteiger partial charge in [0.1, 0.15) is 0 Å². The number of aryl methyl sites for hydroxylation is 2. The summed E-state index contributed by atoms with van der Waals surface area (Å²) in [4.78, 5) is 11.5. The van der Waals surface area contributed by atoms with Crippen molar-refractivity contribution in [1.82, 2.24) is 0 Å². The van der Waals surface area contributed by atoms with E-state index in [4.69, 9.17) is 0 Å². The quantitative estimate of drug-likeness (QED) is 0.572. The average Bonchev–Trinajstić information content (AvgIpc) is 2.06. The minimum absolute atomic E-state index is 0.0781. The summed E-state index contributed by atoms with van der Waals surface area (Å²) in [6, 6.07) is 6.03. The van der Waals surface area contributed by atoms with Gasteiger partial charge in [0.2, 0.25) is 0 Å². The van der Waals surface area contributed by atoms with Crippen molar-refractivity contribution >= 4 is 21.7 Å². The molecule has 1 unspecified atom stereocenters. The first-order valence-corrected chi connectivity index (χ1v) is 5.40. The lowest BCUT2D eigenvalue weighted by atomic mass is 9.86. The van der Waals surface area contributed by atoms with E-state index in [9.17, 15) is 4.79 Å². The zero-order valence-electron chi connectivity index (χ0n) is 7.51. The lowest BCUT2D eigenvalue weighted by Gasteiger charge is -2.19. The van der Waals surface area contributed by atoms with E-state index in [2.05, 4.69) is 22.0 Å². The topological polar surface area (TPSA) is 17.1 Å². The molecular formula is C11H11BrO. The molecule has 0 fully saturated rings. The van der Waals surface area contributed by atoms with Crippen molar-refractivity contribution in [3.05, 3.63) is 34.9 Å². The predicted octanol–water partition coefficient (Wildman–Crippen LogP) is 2.75. The molecule has 1 aromatic carbocycles. The number of ketones is 1. The fourth-order valence-corrected chi connectivity index (χ4v) is 1.84. The number of halogens is 1. The van der Waals surface area contributed by atoms with Crippen LogP contribution >= 0.6 is 15.9 Å². The first-order valence-electron chi connectivity index (χ1n) is 4.48. The number of rotatable bonds is 2. The molecule has 0 radical (unpaired) electrons. The number of hydrogen-bond donors (Lipinski definition) is 0. The second-order valence-electron chi connectivity index (χ2n) is 3.46. The second kappa shape index (κ2) is 3.26. The summed E-state index contributed by atoms with van der Waals surface area (Å²) < 4.78 is 0. The molecule has 2 heteroatoms. The Kier molecular flexibility index (Phi) is 2.24. The van der Waals surface area contributed by atoms with E-state index in [1.165, 1.54) is 17.5 Å². The first-order chi connectivity index (χ1) is 6.18. The van der Waals surface area contributed by atoms with Gasteiger partial charge in [-0.3, -0.25) is 4.79 Å². The molecular weight excluding hydrogens is 228 g/mol. The summed E-state index contributed by atoms with van der Waals surface area (Å²) in [7, 11) is 0. The normalized spacial score (nSPS) is 15.8. The summed E-state index contributed by atoms with van der Waals surface area (Å²) in [5.41, 5.74) is 3.58. The van der Waals surface area contributed by atoms with Gasteiger partial charge in [0.05, 0.1) is 4.83 Å². The van der Waals surface area contributed by atoms with E-state index in [1.807, 2.05) is 19.1 Å². The molecule has 1 aromatic rings. The van der Waals surface area contributed by atoms with Crippen LogP contribution in [0.3, 0.4) is 0 Å². The summed E-state index contributed by atoms with van der Waals surface area (Å²) in [5, 5.41) is 0. The van der Waals surface area contributed by atoms with Gasteiger partial charge < -0.3 is 0 Å². The second-order valence-corrected chi connectivity index (χ2v) is 4.84. The predicted molar refractivity (Wildman–Crippen MR) is 56.6 cm³/mol. The number of carbonyl (C=O) groups is 1. The van der Waals surface area contributed by atoms with Crippen molar-refractivity contribution in [3.8, 4) is 0 Å². The molecule has 1 nitrogen and oxygen atoms in total. The van der Waals surface area contributed by atoms with E-state index in [0.29, 0.717) is 0 Å². The lowest BCUT2D eigenvalue weighted by molar-refractivity contribution is 0.0995. The van der Waals surface area contributed by atoms with Gasteiger partial charge in [-0.25, -0.2) is 0 Å². The molecule has 0 amide bonds. The van der Waals surface area contributed by atoms with Crippen molar-refractivity contribution < 1.29 is 4.79 Å². The van der Waals surface area contributed by atoms with Crippen molar-refractivity contribution in [2.45, 2.75) is 24.6 Å². The van der Waals surface area contributed by atoms with Gasteiger partial charge in [-0.1, -0.05) is 28.1 Å². The molecule has 0 bridgehead atoms. The van der Waals surface area contributed by atoms with Crippen molar-refractivity contribution in [1.29, 1.82) is 0 Å². The Morgan fingerprint density at radius 2 is 2.08 bits per heavy atom. The Balaban J connectivity index is 2.32. The highest BCUT2D eigenvalue weighted by atomic mass is 79.9. The number of carbonyl (C=O) groups excluding carboxylic acids is 1. The Morgan fingerprint density at radius 3 is 2.54 bits per heavy atom. The highest BCUT2D eigenvalue weighted by Crippen LogP contribution is 2.24. The molecule has 0 heterocycles. The van der Waals surface area contributed by atoms with Crippen molar-refractivity contribution in [3.63, 3.8) is 0 Å². The van der Waals surface area contributed by atoms with Gasteiger partial charge >= 0.3 is 0 Å². The number of Topliss-reactive ketones (excluding diaryl/α,β-unsaturated/α-hetero) is 1. The van der Waals surface area contributed by atoms with Gasteiger partial charge in [0.15, 0.2) is 5.78 Å². The largest absolute Gasteiger partial charge is 0.293 e. The van der Waals surface area contributed by atoms with E-state index in [-0.39, 0.29) is 10.6 Å². The van der Waals surface area contributed by atoms with Gasteiger partial charge in [-0.15, -0.1) is 0 Å². The standard InChI is InChI=1S/C11H11BrO/c1-7(12)11(13)10-5-3-8-2-4-9(8)6-10/h3,5-7H,2,4H2,1H3. The molecule has 1 atom stereocenters. The number of hydrogen-bond acceptors (Lipinski definition) is 1. The molecule has 0 spiro atoms. The Labute approximate surface area is 86.3 Å². The fourth-order valence-electron chi connectivity index (χ4n) is 1.58. The first kappa shape index (κ1) is 8.95. The van der Waals surface area contributed by atoms with Gasteiger partial charge in [-0.2, -0.15) is 0 Å². The number of benzene rings is 1. The van der Waals surface area contributed by atoms with Crippen LogP contribution in [0.25, 0.3) is 0 Å². The third kappa shape index (κ3) is 1.55. The molecule has 0 aliphatic heterocycles. The van der Waals surface area contributed by atoms with Gasteiger partial charge in [-0.05, 0) is 37.0 Å². The van der Waals surface area contributed by atoms with Crippen LogP contribution in [0.5, 0.6) is 0 Å². The maximum atomic E-state index is 11.6. The van der Waals surface area contributed by atoms with E-state index < -0.39 is 0 Å². The van der Waals surface area contributed by atoms with Crippen LogP contribution in [0.1, 0.15) is 28.4 Å². The van der Waals surface area contributed by atoms with Crippen molar-refractivity contribution in [2.24, 2.45) is 0 Å². The molecule has 0 saturated carbocycles. The highest BCUT2D eigenvalue weighted by Gasteiger charge is 2.17. The smallest absolute Gasteiger partial charge is 0.176 e. The van der Waals surface area contributed by atoms with Crippen LogP contribution in [0.4, 0.5) is 0 Å². The Hall–Kier alpha value is -0.630.